The van der Waals surface area contributed by atoms with E-state index >= 15 is 0 Å². The maximum Gasteiger partial charge on any atom is 0.260 e. The number of carbonyl (C=O) groups is 1. The first-order valence-corrected chi connectivity index (χ1v) is 7.18. The molecule has 0 aliphatic rings. The molecule has 0 saturated heterocycles. The highest BCUT2D eigenvalue weighted by Gasteiger charge is 2.16. The lowest BCUT2D eigenvalue weighted by molar-refractivity contribution is 0.0781. The van der Waals surface area contributed by atoms with Gasteiger partial charge in [0.15, 0.2) is 0 Å². The molecule has 2 aromatic heterocycles. The largest absolute Gasteiger partial charge is 0.336 e. The van der Waals surface area contributed by atoms with E-state index in [4.69, 9.17) is 0 Å². The van der Waals surface area contributed by atoms with Gasteiger partial charge in [0.2, 0.25) is 0 Å². The molecule has 1 N–H and O–H groups in total. The van der Waals surface area contributed by atoms with Gasteiger partial charge in [0, 0.05) is 19.4 Å². The normalized spacial score (nSPS) is 10.5. The Bertz CT molecular complexity index is 867. The Balaban J connectivity index is 1.75. The van der Waals surface area contributed by atoms with Crippen molar-refractivity contribution in [1.82, 2.24) is 19.7 Å². The van der Waals surface area contributed by atoms with E-state index in [1.54, 1.807) is 17.8 Å². The van der Waals surface area contributed by atoms with Gasteiger partial charge >= 0.3 is 0 Å². The number of para-hydroxylation sites is 1. The molecule has 0 spiro atoms. The van der Waals surface area contributed by atoms with Gasteiger partial charge in [-0.15, -0.1) is 0 Å². The molecule has 116 valence electrons. The number of carbonyl (C=O) groups excluding carboxylic acids is 1. The standard InChI is InChI=1S/C17H16N4O2/c1-20(17(23)15-8-5-10-18-16(15)22)12-13-9-11-21(19-13)14-6-3-2-4-7-14/h2-11H,12H2,1H3,(H,18,22). The van der Waals surface area contributed by atoms with Crippen molar-refractivity contribution in [2.24, 2.45) is 0 Å². The molecule has 0 bridgehead atoms. The van der Waals surface area contributed by atoms with E-state index in [9.17, 15) is 9.59 Å². The van der Waals surface area contributed by atoms with Crippen LogP contribution in [-0.2, 0) is 6.54 Å². The minimum atomic E-state index is -0.390. The van der Waals surface area contributed by atoms with E-state index in [0.717, 1.165) is 11.4 Å². The summed E-state index contributed by atoms with van der Waals surface area (Å²) in [5.41, 5.74) is 1.43. The first-order valence-electron chi connectivity index (χ1n) is 7.18. The molecule has 3 rings (SSSR count). The fourth-order valence-electron chi connectivity index (χ4n) is 2.28. The van der Waals surface area contributed by atoms with Gasteiger partial charge in [-0.2, -0.15) is 5.10 Å². The summed E-state index contributed by atoms with van der Waals surface area (Å²) in [5.74, 6) is -0.332. The monoisotopic (exact) mass is 308 g/mol. The number of amides is 1. The molecule has 6 heteroatoms. The number of hydrogen-bond donors (Lipinski definition) is 1. The zero-order valence-electron chi connectivity index (χ0n) is 12.6. The van der Waals surface area contributed by atoms with Crippen LogP contribution in [0.1, 0.15) is 16.1 Å². The number of aromatic amines is 1. The maximum absolute atomic E-state index is 12.3. The molecular weight excluding hydrogens is 292 g/mol. The van der Waals surface area contributed by atoms with Crippen LogP contribution in [0.4, 0.5) is 0 Å². The fourth-order valence-corrected chi connectivity index (χ4v) is 2.28. The lowest BCUT2D eigenvalue weighted by Gasteiger charge is -2.15. The van der Waals surface area contributed by atoms with Crippen molar-refractivity contribution in [2.45, 2.75) is 6.54 Å². The van der Waals surface area contributed by atoms with Crippen molar-refractivity contribution >= 4 is 5.91 Å². The van der Waals surface area contributed by atoms with Crippen LogP contribution >= 0.6 is 0 Å². The van der Waals surface area contributed by atoms with E-state index in [-0.39, 0.29) is 17.0 Å². The molecule has 0 atom stereocenters. The molecular formula is C17H16N4O2. The summed E-state index contributed by atoms with van der Waals surface area (Å²) in [4.78, 5) is 28.0. The summed E-state index contributed by atoms with van der Waals surface area (Å²) < 4.78 is 1.75. The Morgan fingerprint density at radius 1 is 1.17 bits per heavy atom. The van der Waals surface area contributed by atoms with E-state index in [0.29, 0.717) is 6.54 Å². The molecule has 1 aromatic carbocycles. The van der Waals surface area contributed by atoms with Gasteiger partial charge in [-0.3, -0.25) is 9.59 Å². The van der Waals surface area contributed by atoms with Crippen LogP contribution in [-0.4, -0.2) is 32.6 Å². The minimum absolute atomic E-state index is 0.123. The Morgan fingerprint density at radius 3 is 2.70 bits per heavy atom. The second kappa shape index (κ2) is 6.31. The summed E-state index contributed by atoms with van der Waals surface area (Å²) in [6.45, 7) is 0.326. The first-order chi connectivity index (χ1) is 11.1. The van der Waals surface area contributed by atoms with Gasteiger partial charge in [-0.25, -0.2) is 4.68 Å². The molecule has 2 heterocycles. The molecule has 0 aliphatic heterocycles. The second-order valence-corrected chi connectivity index (χ2v) is 5.16. The SMILES string of the molecule is CN(Cc1ccn(-c2ccccc2)n1)C(=O)c1ccc[nH]c1=O. The molecule has 3 aromatic rings. The van der Waals surface area contributed by atoms with Gasteiger partial charge in [-0.1, -0.05) is 18.2 Å². The molecule has 0 aliphatic carbocycles. The highest BCUT2D eigenvalue weighted by Crippen LogP contribution is 2.09. The van der Waals surface area contributed by atoms with E-state index in [2.05, 4.69) is 10.1 Å². The molecule has 0 radical (unpaired) electrons. The minimum Gasteiger partial charge on any atom is -0.336 e. The topological polar surface area (TPSA) is 71.0 Å². The maximum atomic E-state index is 12.3. The summed E-state index contributed by atoms with van der Waals surface area (Å²) in [7, 11) is 1.65. The third kappa shape index (κ3) is 3.21. The zero-order valence-corrected chi connectivity index (χ0v) is 12.6. The summed E-state index contributed by atoms with van der Waals surface area (Å²) in [5, 5.41) is 4.46. The van der Waals surface area contributed by atoms with Crippen molar-refractivity contribution < 1.29 is 4.79 Å². The van der Waals surface area contributed by atoms with Gasteiger partial charge in [0.1, 0.15) is 5.56 Å². The quantitative estimate of drug-likeness (QED) is 0.799. The number of pyridine rings is 1. The first kappa shape index (κ1) is 14.8. The van der Waals surface area contributed by atoms with Gasteiger partial charge < -0.3 is 9.88 Å². The van der Waals surface area contributed by atoms with Crippen LogP contribution in [0.25, 0.3) is 5.69 Å². The summed E-state index contributed by atoms with van der Waals surface area (Å²) >= 11 is 0. The number of benzene rings is 1. The average Bonchev–Trinajstić information content (AvgIpc) is 3.04. The summed E-state index contributed by atoms with van der Waals surface area (Å²) in [6.07, 6.45) is 3.35. The number of nitrogens with zero attached hydrogens (tertiary/aromatic N) is 3. The Kier molecular flexibility index (Phi) is 4.05. The van der Waals surface area contributed by atoms with Crippen molar-refractivity contribution in [3.8, 4) is 5.69 Å². The Hall–Kier alpha value is -3.15. The molecule has 6 nitrogen and oxygen atoms in total. The van der Waals surface area contributed by atoms with E-state index in [1.165, 1.54) is 17.2 Å². The van der Waals surface area contributed by atoms with Crippen molar-refractivity contribution in [2.75, 3.05) is 7.05 Å². The number of H-pyrrole nitrogens is 1. The highest BCUT2D eigenvalue weighted by atomic mass is 16.2. The molecule has 0 fully saturated rings. The predicted octanol–water partition coefficient (Wildman–Crippen LogP) is 1.83. The lowest BCUT2D eigenvalue weighted by atomic mass is 10.2. The van der Waals surface area contributed by atoms with Gasteiger partial charge in [-0.05, 0) is 30.3 Å². The third-order valence-corrected chi connectivity index (χ3v) is 3.46. The van der Waals surface area contributed by atoms with Crippen LogP contribution in [0.5, 0.6) is 0 Å². The molecule has 1 amide bonds. The molecule has 0 saturated carbocycles. The van der Waals surface area contributed by atoms with Gasteiger partial charge in [0.25, 0.3) is 11.5 Å². The third-order valence-electron chi connectivity index (χ3n) is 3.46. The van der Waals surface area contributed by atoms with E-state index < -0.39 is 0 Å². The number of aromatic nitrogens is 3. The van der Waals surface area contributed by atoms with Gasteiger partial charge in [0.05, 0.1) is 17.9 Å². The zero-order chi connectivity index (χ0) is 16.2. The highest BCUT2D eigenvalue weighted by molar-refractivity contribution is 5.93. The van der Waals surface area contributed by atoms with Crippen molar-refractivity contribution in [3.05, 3.63) is 82.5 Å². The second-order valence-electron chi connectivity index (χ2n) is 5.16. The lowest BCUT2D eigenvalue weighted by Crippen LogP contribution is -2.31. The Morgan fingerprint density at radius 2 is 1.96 bits per heavy atom. The van der Waals surface area contributed by atoms with Crippen LogP contribution in [0, 0.1) is 0 Å². The van der Waals surface area contributed by atoms with Crippen LogP contribution in [0.15, 0.2) is 65.7 Å². The average molecular weight is 308 g/mol. The van der Waals surface area contributed by atoms with Crippen LogP contribution in [0.2, 0.25) is 0 Å². The van der Waals surface area contributed by atoms with Crippen molar-refractivity contribution in [3.63, 3.8) is 0 Å². The summed E-state index contributed by atoms with van der Waals surface area (Å²) in [6, 6.07) is 14.7. The molecule has 23 heavy (non-hydrogen) atoms. The Labute approximate surface area is 133 Å². The number of rotatable bonds is 4. The molecule has 0 unspecified atom stereocenters. The van der Waals surface area contributed by atoms with Crippen LogP contribution in [0.3, 0.4) is 0 Å². The number of hydrogen-bond acceptors (Lipinski definition) is 3. The van der Waals surface area contributed by atoms with E-state index in [1.807, 2.05) is 42.6 Å². The van der Waals surface area contributed by atoms with Crippen LogP contribution < -0.4 is 5.56 Å². The smallest absolute Gasteiger partial charge is 0.260 e. The predicted molar refractivity (Wildman–Crippen MR) is 86.4 cm³/mol. The fraction of sp³-hybridized carbons (Fsp3) is 0.118. The number of nitrogens with one attached hydrogen (secondary N) is 1. The van der Waals surface area contributed by atoms with Crippen molar-refractivity contribution in [1.29, 1.82) is 0 Å².